The number of aliphatic carboxylic acids is 1. The lowest BCUT2D eigenvalue weighted by molar-refractivity contribution is -0.142. The van der Waals surface area contributed by atoms with Gasteiger partial charge in [-0.25, -0.2) is 0 Å². The number of hydrogen-bond donors (Lipinski definition) is 1. The van der Waals surface area contributed by atoms with Crippen molar-refractivity contribution in [1.29, 1.82) is 0 Å². The maximum atomic E-state index is 12.2. The third-order valence-corrected chi connectivity index (χ3v) is 3.25. The number of carboxylic acids is 1. The Kier molecular flexibility index (Phi) is 4.35. The third kappa shape index (κ3) is 2.81. The van der Waals surface area contributed by atoms with Crippen molar-refractivity contribution in [3.63, 3.8) is 0 Å². The van der Waals surface area contributed by atoms with Crippen LogP contribution in [0.4, 0.5) is 0 Å². The van der Waals surface area contributed by atoms with Crippen LogP contribution in [-0.2, 0) is 20.9 Å². The Morgan fingerprint density at radius 2 is 2.30 bits per heavy atom. The summed E-state index contributed by atoms with van der Waals surface area (Å²) in [4.78, 5) is 24.7. The van der Waals surface area contributed by atoms with Gasteiger partial charge in [-0.15, -0.1) is 0 Å². The molecule has 2 heterocycles. The van der Waals surface area contributed by atoms with Gasteiger partial charge in [-0.3, -0.25) is 9.59 Å². The second-order valence-corrected chi connectivity index (χ2v) is 4.58. The van der Waals surface area contributed by atoms with Gasteiger partial charge in [0.25, 0.3) is 5.91 Å². The number of amides is 1. The van der Waals surface area contributed by atoms with E-state index in [4.69, 9.17) is 19.1 Å². The van der Waals surface area contributed by atoms with E-state index >= 15 is 0 Å². The fourth-order valence-electron chi connectivity index (χ4n) is 2.12. The molecule has 1 aliphatic rings. The summed E-state index contributed by atoms with van der Waals surface area (Å²) in [6, 6.07) is 0.969. The first-order valence-electron chi connectivity index (χ1n) is 6.06. The maximum absolute atomic E-state index is 12.2. The molecule has 8 heteroatoms. The standard InChI is InChI=1S/C12H16N2O6/c1-14(10-6-19-5-8(10)12(16)17)11(15)9-3-7(4-18-2)20-13-9/h3,8,10H,4-6H2,1-2H3,(H,16,17). The first kappa shape index (κ1) is 14.5. The van der Waals surface area contributed by atoms with Crippen molar-refractivity contribution >= 4 is 11.9 Å². The molecule has 2 unspecified atom stereocenters. The van der Waals surface area contributed by atoms with Gasteiger partial charge in [0.05, 0.1) is 19.3 Å². The summed E-state index contributed by atoms with van der Waals surface area (Å²) in [6.07, 6.45) is 0. The van der Waals surface area contributed by atoms with Crippen molar-refractivity contribution in [2.24, 2.45) is 5.92 Å². The summed E-state index contributed by atoms with van der Waals surface area (Å²) in [5.74, 6) is -1.68. The fourth-order valence-corrected chi connectivity index (χ4v) is 2.12. The number of hydrogen-bond acceptors (Lipinski definition) is 6. The first-order valence-corrected chi connectivity index (χ1v) is 6.06. The number of likely N-dealkylation sites (N-methyl/N-ethyl adjacent to an activating group) is 1. The van der Waals surface area contributed by atoms with E-state index in [-0.39, 0.29) is 25.5 Å². The Balaban J connectivity index is 2.09. The Bertz CT molecular complexity index is 500. The van der Waals surface area contributed by atoms with Crippen LogP contribution in [-0.4, -0.2) is 60.5 Å². The van der Waals surface area contributed by atoms with Crippen LogP contribution < -0.4 is 0 Å². The van der Waals surface area contributed by atoms with Gasteiger partial charge in [0.2, 0.25) is 0 Å². The Morgan fingerprint density at radius 1 is 1.55 bits per heavy atom. The van der Waals surface area contributed by atoms with Crippen molar-refractivity contribution in [3.8, 4) is 0 Å². The van der Waals surface area contributed by atoms with Gasteiger partial charge in [-0.2, -0.15) is 0 Å². The number of ether oxygens (including phenoxy) is 2. The van der Waals surface area contributed by atoms with E-state index in [0.717, 1.165) is 0 Å². The van der Waals surface area contributed by atoms with Gasteiger partial charge in [0, 0.05) is 20.2 Å². The molecule has 2 atom stereocenters. The molecule has 0 radical (unpaired) electrons. The zero-order valence-electron chi connectivity index (χ0n) is 11.2. The van der Waals surface area contributed by atoms with Crippen LogP contribution in [0.1, 0.15) is 16.2 Å². The lowest BCUT2D eigenvalue weighted by Gasteiger charge is -2.25. The van der Waals surface area contributed by atoms with E-state index in [2.05, 4.69) is 5.16 Å². The summed E-state index contributed by atoms with van der Waals surface area (Å²) >= 11 is 0. The molecule has 2 rings (SSSR count). The second kappa shape index (κ2) is 6.02. The summed E-state index contributed by atoms with van der Waals surface area (Å²) in [5.41, 5.74) is 0.121. The smallest absolute Gasteiger partial charge is 0.311 e. The van der Waals surface area contributed by atoms with E-state index in [1.807, 2.05) is 0 Å². The molecule has 20 heavy (non-hydrogen) atoms. The zero-order chi connectivity index (χ0) is 14.7. The highest BCUT2D eigenvalue weighted by Gasteiger charge is 2.39. The molecule has 0 aromatic carbocycles. The molecule has 0 spiro atoms. The van der Waals surface area contributed by atoms with Gasteiger partial charge >= 0.3 is 5.97 Å². The summed E-state index contributed by atoms with van der Waals surface area (Å²) in [6.45, 7) is 0.516. The number of carboxylic acid groups (broad SMARTS) is 1. The van der Waals surface area contributed by atoms with Crippen LogP contribution in [0.5, 0.6) is 0 Å². The molecule has 0 saturated carbocycles. The minimum absolute atomic E-state index is 0.103. The number of methoxy groups -OCH3 is 1. The van der Waals surface area contributed by atoms with Crippen molar-refractivity contribution in [2.75, 3.05) is 27.4 Å². The van der Waals surface area contributed by atoms with Crippen molar-refractivity contribution < 1.29 is 28.7 Å². The quantitative estimate of drug-likeness (QED) is 0.811. The van der Waals surface area contributed by atoms with Crippen LogP contribution in [0, 0.1) is 5.92 Å². The largest absolute Gasteiger partial charge is 0.481 e. The van der Waals surface area contributed by atoms with Gasteiger partial charge < -0.3 is 24.0 Å². The highest BCUT2D eigenvalue weighted by molar-refractivity contribution is 5.92. The van der Waals surface area contributed by atoms with E-state index in [1.165, 1.54) is 25.1 Å². The Morgan fingerprint density at radius 3 is 2.95 bits per heavy atom. The molecule has 1 aromatic heterocycles. The molecule has 0 bridgehead atoms. The normalized spacial score (nSPS) is 21.9. The van der Waals surface area contributed by atoms with Crippen molar-refractivity contribution in [1.82, 2.24) is 10.1 Å². The lowest BCUT2D eigenvalue weighted by atomic mass is 10.0. The highest BCUT2D eigenvalue weighted by Crippen LogP contribution is 2.20. The SMILES string of the molecule is COCc1cc(C(=O)N(C)C2COCC2C(=O)O)no1. The van der Waals surface area contributed by atoms with Crippen LogP contribution in [0.3, 0.4) is 0 Å². The van der Waals surface area contributed by atoms with Gasteiger partial charge in [-0.1, -0.05) is 5.16 Å². The molecule has 1 saturated heterocycles. The molecular weight excluding hydrogens is 268 g/mol. The van der Waals surface area contributed by atoms with E-state index < -0.39 is 23.8 Å². The molecule has 1 amide bonds. The Hall–Kier alpha value is -1.93. The minimum atomic E-state index is -0.979. The van der Waals surface area contributed by atoms with Crippen molar-refractivity contribution in [2.45, 2.75) is 12.6 Å². The van der Waals surface area contributed by atoms with Gasteiger partial charge in [0.1, 0.15) is 12.5 Å². The molecular formula is C12H16N2O6. The monoisotopic (exact) mass is 284 g/mol. The number of carbonyl (C=O) groups excluding carboxylic acids is 1. The molecule has 110 valence electrons. The third-order valence-electron chi connectivity index (χ3n) is 3.25. The average Bonchev–Trinajstić information content (AvgIpc) is 3.06. The average molecular weight is 284 g/mol. The molecule has 1 fully saturated rings. The number of nitrogens with zero attached hydrogens (tertiary/aromatic N) is 2. The van der Waals surface area contributed by atoms with Crippen LogP contribution in [0.25, 0.3) is 0 Å². The van der Waals surface area contributed by atoms with Crippen LogP contribution >= 0.6 is 0 Å². The van der Waals surface area contributed by atoms with Gasteiger partial charge in [0.15, 0.2) is 11.5 Å². The number of carbonyl (C=O) groups is 2. The molecule has 1 N–H and O–H groups in total. The minimum Gasteiger partial charge on any atom is -0.481 e. The molecule has 1 aliphatic heterocycles. The van der Waals surface area contributed by atoms with Gasteiger partial charge in [-0.05, 0) is 0 Å². The summed E-state index contributed by atoms with van der Waals surface area (Å²) in [5, 5.41) is 12.8. The summed E-state index contributed by atoms with van der Waals surface area (Å²) < 4.78 is 15.0. The molecule has 8 nitrogen and oxygen atoms in total. The predicted octanol–water partition coefficient (Wildman–Crippen LogP) is -0.00740. The van der Waals surface area contributed by atoms with Crippen molar-refractivity contribution in [3.05, 3.63) is 17.5 Å². The predicted molar refractivity (Wildman–Crippen MR) is 65.0 cm³/mol. The summed E-state index contributed by atoms with van der Waals surface area (Å²) in [7, 11) is 3.03. The number of aromatic nitrogens is 1. The van der Waals surface area contributed by atoms with Crippen LogP contribution in [0.15, 0.2) is 10.6 Å². The lowest BCUT2D eigenvalue weighted by Crippen LogP contribution is -2.44. The highest BCUT2D eigenvalue weighted by atomic mass is 16.5. The Labute approximate surface area is 115 Å². The fraction of sp³-hybridized carbons (Fsp3) is 0.583. The number of rotatable bonds is 5. The first-order chi connectivity index (χ1) is 9.54. The zero-order valence-corrected chi connectivity index (χ0v) is 11.2. The molecule has 1 aromatic rings. The topological polar surface area (TPSA) is 102 Å². The maximum Gasteiger partial charge on any atom is 0.311 e. The second-order valence-electron chi connectivity index (χ2n) is 4.58. The molecule has 0 aliphatic carbocycles. The van der Waals surface area contributed by atoms with E-state index in [0.29, 0.717) is 5.76 Å². The van der Waals surface area contributed by atoms with Crippen LogP contribution in [0.2, 0.25) is 0 Å². The van der Waals surface area contributed by atoms with E-state index in [9.17, 15) is 9.59 Å². The van der Waals surface area contributed by atoms with E-state index in [1.54, 1.807) is 0 Å².